The molecule has 68 valence electrons. The van der Waals surface area contributed by atoms with Crippen molar-refractivity contribution in [3.8, 4) is 6.07 Å². The van der Waals surface area contributed by atoms with Crippen LogP contribution in [0, 0.1) is 17.2 Å². The van der Waals surface area contributed by atoms with Crippen molar-refractivity contribution in [2.24, 2.45) is 5.92 Å². The Bertz CT molecular complexity index is 303. The zero-order valence-corrected chi connectivity index (χ0v) is 8.74. The molecule has 0 saturated heterocycles. The van der Waals surface area contributed by atoms with Crippen LogP contribution in [0.1, 0.15) is 6.92 Å². The highest BCUT2D eigenvalue weighted by atomic mass is 79.9. The predicted molar refractivity (Wildman–Crippen MR) is 53.0 cm³/mol. The van der Waals surface area contributed by atoms with Crippen LogP contribution in [-0.2, 0) is 0 Å². The number of nitrogens with one attached hydrogen (secondary N) is 1. The topological polar surface area (TPSA) is 61.6 Å². The quantitative estimate of drug-likeness (QED) is 0.876. The van der Waals surface area contributed by atoms with Crippen LogP contribution in [0.3, 0.4) is 0 Å². The molecule has 1 aromatic rings. The Kier molecular flexibility index (Phi) is 3.65. The summed E-state index contributed by atoms with van der Waals surface area (Å²) in [6.45, 7) is 2.41. The summed E-state index contributed by atoms with van der Waals surface area (Å²) in [4.78, 5) is 8.01. The van der Waals surface area contributed by atoms with Gasteiger partial charge in [0, 0.05) is 18.9 Å². The van der Waals surface area contributed by atoms with Crippen LogP contribution in [0.4, 0.5) is 5.95 Å². The van der Waals surface area contributed by atoms with Gasteiger partial charge in [0.25, 0.3) is 0 Å². The molecule has 1 atom stereocenters. The third-order valence-corrected chi connectivity index (χ3v) is 1.82. The van der Waals surface area contributed by atoms with Crippen molar-refractivity contribution < 1.29 is 0 Å². The van der Waals surface area contributed by atoms with E-state index in [1.54, 1.807) is 12.4 Å². The minimum absolute atomic E-state index is 0.0350. The summed E-state index contributed by atoms with van der Waals surface area (Å²) >= 11 is 3.23. The summed E-state index contributed by atoms with van der Waals surface area (Å²) < 4.78 is 0.839. The smallest absolute Gasteiger partial charge is 0.222 e. The molecule has 0 aliphatic heterocycles. The number of anilines is 1. The van der Waals surface area contributed by atoms with E-state index in [1.165, 1.54) is 0 Å². The molecule has 0 aliphatic carbocycles. The Morgan fingerprint density at radius 3 is 2.77 bits per heavy atom. The predicted octanol–water partition coefficient (Wildman–Crippen LogP) is 1.81. The molecule has 0 amide bonds. The van der Waals surface area contributed by atoms with Crippen LogP contribution in [-0.4, -0.2) is 16.5 Å². The zero-order valence-electron chi connectivity index (χ0n) is 7.16. The van der Waals surface area contributed by atoms with Crippen LogP contribution >= 0.6 is 15.9 Å². The van der Waals surface area contributed by atoms with Crippen molar-refractivity contribution in [3.05, 3.63) is 16.9 Å². The van der Waals surface area contributed by atoms with Gasteiger partial charge >= 0.3 is 0 Å². The maximum absolute atomic E-state index is 8.52. The third kappa shape index (κ3) is 3.38. The van der Waals surface area contributed by atoms with Gasteiger partial charge in [0.1, 0.15) is 0 Å². The molecule has 0 radical (unpaired) electrons. The van der Waals surface area contributed by atoms with Gasteiger partial charge in [-0.25, -0.2) is 9.97 Å². The largest absolute Gasteiger partial charge is 0.353 e. The molecule has 1 rings (SSSR count). The van der Waals surface area contributed by atoms with E-state index in [4.69, 9.17) is 5.26 Å². The van der Waals surface area contributed by atoms with E-state index in [9.17, 15) is 0 Å². The summed E-state index contributed by atoms with van der Waals surface area (Å²) in [6.07, 6.45) is 3.32. The van der Waals surface area contributed by atoms with Gasteiger partial charge in [-0.1, -0.05) is 0 Å². The average molecular weight is 241 g/mol. The number of hydrogen-bond acceptors (Lipinski definition) is 4. The summed E-state index contributed by atoms with van der Waals surface area (Å²) in [5, 5.41) is 11.5. The van der Waals surface area contributed by atoms with Crippen molar-refractivity contribution in [3.63, 3.8) is 0 Å². The van der Waals surface area contributed by atoms with E-state index in [0.29, 0.717) is 12.5 Å². The Labute approximate surface area is 85.1 Å². The lowest BCUT2D eigenvalue weighted by Crippen LogP contribution is -2.11. The molecule has 1 N–H and O–H groups in total. The van der Waals surface area contributed by atoms with Crippen LogP contribution in [0.2, 0.25) is 0 Å². The molecular formula is C8H9BrN4. The molecule has 0 spiro atoms. The molecule has 0 aliphatic rings. The van der Waals surface area contributed by atoms with Crippen molar-refractivity contribution in [2.45, 2.75) is 6.92 Å². The fraction of sp³-hybridized carbons (Fsp3) is 0.375. The Morgan fingerprint density at radius 2 is 2.23 bits per heavy atom. The summed E-state index contributed by atoms with van der Waals surface area (Å²) in [7, 11) is 0. The first-order valence-corrected chi connectivity index (χ1v) is 4.62. The molecule has 0 aromatic carbocycles. The molecule has 0 saturated carbocycles. The minimum Gasteiger partial charge on any atom is -0.353 e. The van der Waals surface area contributed by atoms with Gasteiger partial charge < -0.3 is 5.32 Å². The monoisotopic (exact) mass is 240 g/mol. The molecule has 5 heteroatoms. The fourth-order valence-corrected chi connectivity index (χ4v) is 0.898. The SMILES string of the molecule is C[C@@H](C#N)CNc1ncc(Br)cn1. The highest BCUT2D eigenvalue weighted by Crippen LogP contribution is 2.06. The molecule has 0 unspecified atom stereocenters. The number of aromatic nitrogens is 2. The van der Waals surface area contributed by atoms with E-state index < -0.39 is 0 Å². The lowest BCUT2D eigenvalue weighted by atomic mass is 10.2. The van der Waals surface area contributed by atoms with Crippen molar-refractivity contribution in [1.82, 2.24) is 9.97 Å². The Balaban J connectivity index is 2.47. The van der Waals surface area contributed by atoms with Crippen molar-refractivity contribution >= 4 is 21.9 Å². The van der Waals surface area contributed by atoms with Crippen LogP contribution in [0.15, 0.2) is 16.9 Å². The second-order valence-electron chi connectivity index (χ2n) is 2.64. The standard InChI is InChI=1S/C8H9BrN4/c1-6(2-10)3-11-8-12-4-7(9)5-13-8/h4-6H,3H2,1H3,(H,11,12,13)/t6-/m0/s1. The Hall–Kier alpha value is -1.15. The van der Waals surface area contributed by atoms with Gasteiger partial charge in [-0.2, -0.15) is 5.26 Å². The van der Waals surface area contributed by atoms with Crippen LogP contribution in [0.25, 0.3) is 0 Å². The second kappa shape index (κ2) is 4.77. The van der Waals surface area contributed by atoms with Gasteiger partial charge in [-0.3, -0.25) is 0 Å². The number of hydrogen-bond donors (Lipinski definition) is 1. The van der Waals surface area contributed by atoms with E-state index in [-0.39, 0.29) is 5.92 Å². The number of halogens is 1. The lowest BCUT2D eigenvalue weighted by Gasteiger charge is -2.04. The maximum Gasteiger partial charge on any atom is 0.222 e. The molecule has 0 bridgehead atoms. The Morgan fingerprint density at radius 1 is 1.62 bits per heavy atom. The van der Waals surface area contributed by atoms with Gasteiger partial charge in [0.2, 0.25) is 5.95 Å². The van der Waals surface area contributed by atoms with Crippen molar-refractivity contribution in [1.29, 1.82) is 5.26 Å². The van der Waals surface area contributed by atoms with Crippen LogP contribution in [0.5, 0.6) is 0 Å². The van der Waals surface area contributed by atoms with E-state index in [2.05, 4.69) is 37.3 Å². The fourth-order valence-electron chi connectivity index (χ4n) is 0.694. The first-order valence-electron chi connectivity index (χ1n) is 3.83. The number of rotatable bonds is 3. The summed E-state index contributed by atoms with van der Waals surface area (Å²) in [6, 6.07) is 2.12. The first-order chi connectivity index (χ1) is 6.22. The molecule has 4 nitrogen and oxygen atoms in total. The number of nitriles is 1. The van der Waals surface area contributed by atoms with E-state index >= 15 is 0 Å². The van der Waals surface area contributed by atoms with Crippen molar-refractivity contribution in [2.75, 3.05) is 11.9 Å². The van der Waals surface area contributed by atoms with Gasteiger partial charge in [-0.05, 0) is 22.9 Å². The maximum atomic E-state index is 8.52. The first kappa shape index (κ1) is 9.93. The highest BCUT2D eigenvalue weighted by Gasteiger charge is 2.00. The molecule has 1 heterocycles. The average Bonchev–Trinajstić information content (AvgIpc) is 2.16. The summed E-state index contributed by atoms with van der Waals surface area (Å²) in [5.74, 6) is 0.512. The molecular weight excluding hydrogens is 232 g/mol. The third-order valence-electron chi connectivity index (χ3n) is 1.41. The molecule has 13 heavy (non-hydrogen) atoms. The van der Waals surface area contributed by atoms with Gasteiger partial charge in [-0.15, -0.1) is 0 Å². The minimum atomic E-state index is -0.0350. The summed E-state index contributed by atoms with van der Waals surface area (Å²) in [5.41, 5.74) is 0. The lowest BCUT2D eigenvalue weighted by molar-refractivity contribution is 0.778. The number of nitrogens with zero attached hydrogens (tertiary/aromatic N) is 3. The van der Waals surface area contributed by atoms with E-state index in [0.717, 1.165) is 4.47 Å². The zero-order chi connectivity index (χ0) is 9.68. The highest BCUT2D eigenvalue weighted by molar-refractivity contribution is 9.10. The van der Waals surface area contributed by atoms with Gasteiger partial charge in [0.05, 0.1) is 16.5 Å². The second-order valence-corrected chi connectivity index (χ2v) is 3.55. The normalized spacial score (nSPS) is 11.8. The van der Waals surface area contributed by atoms with E-state index in [1.807, 2.05) is 6.92 Å². The van der Waals surface area contributed by atoms with Gasteiger partial charge in [0.15, 0.2) is 0 Å². The molecule has 0 fully saturated rings. The molecule has 1 aromatic heterocycles. The van der Waals surface area contributed by atoms with Crippen LogP contribution < -0.4 is 5.32 Å².